The maximum absolute atomic E-state index is 13.6. The Kier molecular flexibility index (Phi) is 10.7. The molecule has 7 nitrogen and oxygen atoms in total. The van der Waals surface area contributed by atoms with Crippen molar-refractivity contribution in [2.24, 2.45) is 0 Å². The number of hydrogen-bond acceptors (Lipinski definition) is 4. The third-order valence-corrected chi connectivity index (χ3v) is 7.66. The summed E-state index contributed by atoms with van der Waals surface area (Å²) in [5.41, 5.74) is 0.941. The van der Waals surface area contributed by atoms with Crippen LogP contribution in [0.5, 0.6) is 0 Å². The molecular weight excluding hydrogens is 533 g/mol. The van der Waals surface area contributed by atoms with Gasteiger partial charge in [0.1, 0.15) is 12.6 Å². The van der Waals surface area contributed by atoms with Gasteiger partial charge in [-0.1, -0.05) is 60.8 Å². The van der Waals surface area contributed by atoms with E-state index in [1.54, 1.807) is 31.2 Å². The fourth-order valence-electron chi connectivity index (χ4n) is 3.40. The van der Waals surface area contributed by atoms with Gasteiger partial charge in [-0.3, -0.25) is 13.9 Å². The van der Waals surface area contributed by atoms with Crippen molar-refractivity contribution in [3.05, 3.63) is 63.1 Å². The van der Waals surface area contributed by atoms with Crippen LogP contribution in [-0.2, 0) is 26.2 Å². The molecule has 0 aromatic heterocycles. The zero-order valence-electron chi connectivity index (χ0n) is 20.1. The Morgan fingerprint density at radius 2 is 1.60 bits per heavy atom. The summed E-state index contributed by atoms with van der Waals surface area (Å²) in [6.07, 6.45) is 2.07. The average molecular weight is 563 g/mol. The number of halogens is 3. The fraction of sp³-hybridized carbons (Fsp3) is 0.417. The topological polar surface area (TPSA) is 86.8 Å². The first-order chi connectivity index (χ1) is 16.4. The number of carbonyl (C=O) groups excluding carboxylic acids is 2. The van der Waals surface area contributed by atoms with Crippen LogP contribution in [0.1, 0.15) is 39.2 Å². The van der Waals surface area contributed by atoms with E-state index in [1.165, 1.54) is 23.1 Å². The second kappa shape index (κ2) is 12.8. The van der Waals surface area contributed by atoms with Gasteiger partial charge in [0.15, 0.2) is 0 Å². The minimum absolute atomic E-state index is 0.0761. The predicted molar refractivity (Wildman–Crippen MR) is 143 cm³/mol. The fourth-order valence-corrected chi connectivity index (χ4v) is 4.66. The zero-order valence-corrected chi connectivity index (χ0v) is 23.2. The minimum atomic E-state index is -3.86. The minimum Gasteiger partial charge on any atom is -0.352 e. The first-order valence-electron chi connectivity index (χ1n) is 11.1. The summed E-state index contributed by atoms with van der Waals surface area (Å²) in [6.45, 7) is 5.21. The van der Waals surface area contributed by atoms with Gasteiger partial charge >= 0.3 is 0 Å². The van der Waals surface area contributed by atoms with Crippen LogP contribution in [0.3, 0.4) is 0 Å². The molecule has 0 bridgehead atoms. The van der Waals surface area contributed by atoms with E-state index in [0.717, 1.165) is 22.5 Å². The van der Waals surface area contributed by atoms with Crippen molar-refractivity contribution in [3.63, 3.8) is 0 Å². The standard InChI is InChI=1S/C24H30Cl3N3O4S/c1-5-16(3)28-24(32)22(6-2)29(14-17-7-9-18(25)10-8-17)23(31)15-30(35(4,33)34)19-11-12-20(26)21(27)13-19/h7-13,16,22H,5-6,14-15H2,1-4H3,(H,28,32). The number of benzene rings is 2. The zero-order chi connectivity index (χ0) is 26.3. The van der Waals surface area contributed by atoms with Crippen molar-refractivity contribution in [1.82, 2.24) is 10.2 Å². The number of sulfonamides is 1. The van der Waals surface area contributed by atoms with Crippen LogP contribution in [0.4, 0.5) is 5.69 Å². The van der Waals surface area contributed by atoms with Gasteiger partial charge in [-0.15, -0.1) is 0 Å². The number of carbonyl (C=O) groups is 2. The van der Waals surface area contributed by atoms with Crippen LogP contribution in [0.2, 0.25) is 15.1 Å². The quantitative estimate of drug-likeness (QED) is 0.411. The third-order valence-electron chi connectivity index (χ3n) is 5.52. The van der Waals surface area contributed by atoms with Crippen molar-refractivity contribution >= 4 is 62.3 Å². The first kappa shape index (κ1) is 29.2. The Bertz CT molecular complexity index is 1140. The summed E-state index contributed by atoms with van der Waals surface area (Å²) in [6, 6.07) is 10.3. The summed E-state index contributed by atoms with van der Waals surface area (Å²) in [4.78, 5) is 28.1. The highest BCUT2D eigenvalue weighted by molar-refractivity contribution is 7.92. The molecule has 11 heteroatoms. The molecule has 0 saturated heterocycles. The second-order valence-electron chi connectivity index (χ2n) is 8.26. The molecule has 2 amide bonds. The SMILES string of the molecule is CCC(C)NC(=O)C(CC)N(Cc1ccc(Cl)cc1)C(=O)CN(c1ccc(Cl)c(Cl)c1)S(C)(=O)=O. The van der Waals surface area contributed by atoms with E-state index in [-0.39, 0.29) is 34.2 Å². The normalized spacial score (nSPS) is 13.1. The molecule has 1 N–H and O–H groups in total. The van der Waals surface area contributed by atoms with Crippen molar-refractivity contribution in [3.8, 4) is 0 Å². The molecule has 0 saturated carbocycles. The molecule has 2 unspecified atom stereocenters. The summed E-state index contributed by atoms with van der Waals surface area (Å²) in [5.74, 6) is -0.841. The summed E-state index contributed by atoms with van der Waals surface area (Å²) >= 11 is 18.1. The van der Waals surface area contributed by atoms with Crippen LogP contribution in [0.25, 0.3) is 0 Å². The van der Waals surface area contributed by atoms with Crippen LogP contribution < -0.4 is 9.62 Å². The molecule has 35 heavy (non-hydrogen) atoms. The number of anilines is 1. The van der Waals surface area contributed by atoms with Gasteiger partial charge in [0.2, 0.25) is 21.8 Å². The molecule has 0 fully saturated rings. The molecule has 2 rings (SSSR count). The molecule has 0 aliphatic rings. The van der Waals surface area contributed by atoms with E-state index in [9.17, 15) is 18.0 Å². The van der Waals surface area contributed by atoms with Gasteiger partial charge in [0.05, 0.1) is 22.0 Å². The molecule has 2 aromatic rings. The lowest BCUT2D eigenvalue weighted by Crippen LogP contribution is -2.53. The lowest BCUT2D eigenvalue weighted by molar-refractivity contribution is -0.140. The molecule has 0 spiro atoms. The number of rotatable bonds is 11. The van der Waals surface area contributed by atoms with Gasteiger partial charge in [0.25, 0.3) is 0 Å². The highest BCUT2D eigenvalue weighted by Gasteiger charge is 2.32. The maximum atomic E-state index is 13.6. The smallest absolute Gasteiger partial charge is 0.244 e. The average Bonchev–Trinajstić information content (AvgIpc) is 2.79. The number of nitrogens with one attached hydrogen (secondary N) is 1. The molecule has 0 heterocycles. The van der Waals surface area contributed by atoms with Gasteiger partial charge in [-0.2, -0.15) is 0 Å². The highest BCUT2D eigenvalue weighted by Crippen LogP contribution is 2.28. The van der Waals surface area contributed by atoms with Gasteiger partial charge in [-0.25, -0.2) is 8.42 Å². The van der Waals surface area contributed by atoms with E-state index in [2.05, 4.69) is 5.32 Å². The summed E-state index contributed by atoms with van der Waals surface area (Å²) < 4.78 is 26.2. The Balaban J connectivity index is 2.45. The van der Waals surface area contributed by atoms with Crippen molar-refractivity contribution in [2.45, 2.75) is 52.2 Å². The number of amides is 2. The van der Waals surface area contributed by atoms with Crippen molar-refractivity contribution in [2.75, 3.05) is 17.1 Å². The largest absolute Gasteiger partial charge is 0.352 e. The van der Waals surface area contributed by atoms with E-state index < -0.39 is 28.5 Å². The van der Waals surface area contributed by atoms with Crippen molar-refractivity contribution < 1.29 is 18.0 Å². The number of nitrogens with zero attached hydrogens (tertiary/aromatic N) is 2. The Morgan fingerprint density at radius 3 is 2.11 bits per heavy atom. The lowest BCUT2D eigenvalue weighted by atomic mass is 10.1. The first-order valence-corrected chi connectivity index (χ1v) is 14.1. The highest BCUT2D eigenvalue weighted by atomic mass is 35.5. The van der Waals surface area contributed by atoms with Crippen LogP contribution >= 0.6 is 34.8 Å². The molecule has 0 aliphatic heterocycles. The van der Waals surface area contributed by atoms with Gasteiger partial charge in [0, 0.05) is 17.6 Å². The van der Waals surface area contributed by atoms with Crippen LogP contribution in [-0.4, -0.2) is 50.0 Å². The Morgan fingerprint density at radius 1 is 0.971 bits per heavy atom. The van der Waals surface area contributed by atoms with E-state index >= 15 is 0 Å². The molecule has 2 aromatic carbocycles. The summed E-state index contributed by atoms with van der Waals surface area (Å²) in [7, 11) is -3.86. The van der Waals surface area contributed by atoms with Crippen LogP contribution in [0, 0.1) is 0 Å². The van der Waals surface area contributed by atoms with Crippen molar-refractivity contribution in [1.29, 1.82) is 0 Å². The number of hydrogen-bond donors (Lipinski definition) is 1. The Hall–Kier alpha value is -2.00. The molecule has 0 aliphatic carbocycles. The maximum Gasteiger partial charge on any atom is 0.244 e. The molecule has 0 radical (unpaired) electrons. The molecule has 192 valence electrons. The lowest BCUT2D eigenvalue weighted by Gasteiger charge is -2.33. The molecular formula is C24H30Cl3N3O4S. The predicted octanol–water partition coefficient (Wildman–Crippen LogP) is 5.13. The van der Waals surface area contributed by atoms with E-state index in [1.807, 2.05) is 13.8 Å². The Labute approximate surface area is 222 Å². The molecule has 2 atom stereocenters. The van der Waals surface area contributed by atoms with Gasteiger partial charge < -0.3 is 10.2 Å². The van der Waals surface area contributed by atoms with Crippen LogP contribution in [0.15, 0.2) is 42.5 Å². The van der Waals surface area contributed by atoms with Gasteiger partial charge in [-0.05, 0) is 55.7 Å². The summed E-state index contributed by atoms with van der Waals surface area (Å²) in [5, 5.41) is 3.87. The van der Waals surface area contributed by atoms with E-state index in [0.29, 0.717) is 11.4 Å². The van der Waals surface area contributed by atoms with E-state index in [4.69, 9.17) is 34.8 Å². The second-order valence-corrected chi connectivity index (χ2v) is 11.4. The monoisotopic (exact) mass is 561 g/mol. The third kappa shape index (κ3) is 8.27.